The van der Waals surface area contributed by atoms with Crippen LogP contribution in [0.5, 0.6) is 0 Å². The molecule has 0 radical (unpaired) electrons. The third-order valence-electron chi connectivity index (χ3n) is 10.5. The van der Waals surface area contributed by atoms with Gasteiger partial charge < -0.3 is 43.1 Å². The summed E-state index contributed by atoms with van der Waals surface area (Å²) in [6.45, 7) is 10.6. The summed E-state index contributed by atoms with van der Waals surface area (Å²) >= 11 is 0. The van der Waals surface area contributed by atoms with Crippen molar-refractivity contribution in [2.75, 3.05) is 48.6 Å². The number of nitrogens with one attached hydrogen (secondary N) is 1. The zero-order chi connectivity index (χ0) is 38.8. The molecule has 2 fully saturated rings. The first-order valence-corrected chi connectivity index (χ1v) is 20.4. The van der Waals surface area contributed by atoms with E-state index in [1.54, 1.807) is 19.1 Å². The minimum absolute atomic E-state index is 0.0290. The number of nitrogens with zero attached hydrogens (tertiary/aromatic N) is 1. The number of rotatable bonds is 18. The van der Waals surface area contributed by atoms with Crippen LogP contribution in [0.3, 0.4) is 0 Å². The molecule has 294 valence electrons. The van der Waals surface area contributed by atoms with E-state index in [0.717, 1.165) is 10.4 Å². The van der Waals surface area contributed by atoms with Gasteiger partial charge in [-0.1, -0.05) is 95.3 Å². The van der Waals surface area contributed by atoms with Crippen molar-refractivity contribution in [3.05, 3.63) is 60.7 Å². The highest BCUT2D eigenvalue weighted by Crippen LogP contribution is 2.43. The Morgan fingerprint density at radius 3 is 1.85 bits per heavy atom. The fourth-order valence-corrected chi connectivity index (χ4v) is 12.6. The van der Waals surface area contributed by atoms with Crippen molar-refractivity contribution >= 4 is 36.5 Å². The summed E-state index contributed by atoms with van der Waals surface area (Å²) in [4.78, 5) is 43.8. The molecule has 1 saturated heterocycles. The average molecular weight is 757 g/mol. The van der Waals surface area contributed by atoms with E-state index in [-0.39, 0.29) is 55.1 Å². The predicted octanol–water partition coefficient (Wildman–Crippen LogP) is 3.64. The zero-order valence-corrected chi connectivity index (χ0v) is 33.9. The smallest absolute Gasteiger partial charge is 0.328 e. The lowest BCUT2D eigenvalue weighted by Gasteiger charge is -2.43. The molecule has 0 unspecified atom stereocenters. The number of amides is 2. The molecule has 0 spiro atoms. The van der Waals surface area contributed by atoms with Crippen molar-refractivity contribution in [3.63, 3.8) is 0 Å². The van der Waals surface area contributed by atoms with E-state index in [0.29, 0.717) is 25.7 Å². The average Bonchev–Trinajstić information content (AvgIpc) is 3.51. The van der Waals surface area contributed by atoms with Crippen molar-refractivity contribution in [1.82, 2.24) is 10.2 Å². The maximum Gasteiger partial charge on any atom is 0.328 e. The first-order valence-electron chi connectivity index (χ1n) is 18.5. The molecule has 53 heavy (non-hydrogen) atoms. The first-order chi connectivity index (χ1) is 25.3. The fraction of sp³-hybridized carbons (Fsp3) is 0.625. The van der Waals surface area contributed by atoms with Crippen LogP contribution in [0.4, 0.5) is 0 Å². The van der Waals surface area contributed by atoms with Gasteiger partial charge in [0.05, 0.1) is 25.9 Å². The highest BCUT2D eigenvalue weighted by Gasteiger charge is 2.54. The largest absolute Gasteiger partial charge is 0.467 e. The molecule has 1 saturated carbocycles. The molecule has 1 N–H and O–H groups in total. The van der Waals surface area contributed by atoms with E-state index >= 15 is 0 Å². The molecule has 1 aliphatic heterocycles. The Labute approximate surface area is 316 Å². The quantitative estimate of drug-likeness (QED) is 0.137. The van der Waals surface area contributed by atoms with Crippen LogP contribution in [0.25, 0.3) is 0 Å². The molecule has 12 nitrogen and oxygen atoms in total. The maximum absolute atomic E-state index is 14.7. The van der Waals surface area contributed by atoms with Gasteiger partial charge in [-0.25, -0.2) is 4.79 Å². The molecule has 13 heteroatoms. The number of carbonyl (C=O) groups excluding carboxylic acids is 3. The Balaban J connectivity index is 1.62. The van der Waals surface area contributed by atoms with Gasteiger partial charge in [-0.3, -0.25) is 9.59 Å². The second kappa shape index (κ2) is 19.4. The summed E-state index contributed by atoms with van der Waals surface area (Å²) in [6.07, 6.45) is -0.0221. The summed E-state index contributed by atoms with van der Waals surface area (Å²) in [5.41, 5.74) is 0. The van der Waals surface area contributed by atoms with Crippen molar-refractivity contribution in [1.29, 1.82) is 0 Å². The fourth-order valence-electron chi connectivity index (χ4n) is 8.09. The molecular formula is C40H60N2O10Si. The van der Waals surface area contributed by atoms with Crippen LogP contribution in [0.2, 0.25) is 5.04 Å². The van der Waals surface area contributed by atoms with Crippen LogP contribution in [-0.2, 0) is 47.2 Å². The normalized spacial score (nSPS) is 23.0. The van der Waals surface area contributed by atoms with Crippen LogP contribution in [0, 0.1) is 11.8 Å². The van der Waals surface area contributed by atoms with Crippen LogP contribution < -0.4 is 15.7 Å². The number of ether oxygens (including phenoxy) is 6. The van der Waals surface area contributed by atoms with Crippen molar-refractivity contribution in [3.8, 4) is 0 Å². The van der Waals surface area contributed by atoms with E-state index in [4.69, 9.17) is 32.8 Å². The Kier molecular flexibility index (Phi) is 15.6. The molecule has 2 aromatic rings. The van der Waals surface area contributed by atoms with Gasteiger partial charge in [-0.2, -0.15) is 0 Å². The highest BCUT2D eigenvalue weighted by molar-refractivity contribution is 6.99. The lowest BCUT2D eigenvalue weighted by Crippen LogP contribution is -2.67. The molecule has 0 bridgehead atoms. The monoisotopic (exact) mass is 756 g/mol. The minimum atomic E-state index is -2.98. The lowest BCUT2D eigenvalue weighted by molar-refractivity contribution is -0.181. The van der Waals surface area contributed by atoms with E-state index in [1.165, 1.54) is 14.2 Å². The Hall–Kier alpha value is -3.17. The third kappa shape index (κ3) is 9.93. The Morgan fingerprint density at radius 2 is 1.38 bits per heavy atom. The summed E-state index contributed by atoms with van der Waals surface area (Å²) in [7, 11) is 2.91. The summed E-state index contributed by atoms with van der Waals surface area (Å²) in [5.74, 6) is -1.33. The van der Waals surface area contributed by atoms with Crippen LogP contribution in [0.1, 0.15) is 60.3 Å². The standard InChI is InChI=1S/C40H60N2O10Si/c1-27(2)20-31(38(44)42-32-23-35(51-26-47-7)34(50-25-46-6)22-28(32)21-33(42)39(45)49-9)41-37(43)36(48-8)24-52-53(40(3,4)5,29-16-12-10-13-17-29)30-18-14-11-15-19-30/h10-19,27-28,31-36H,20-26H2,1-9H3,(H,41,43)/t28-,31-,32+,33+,34+,35+,36-/m1/s1. The number of hydrogen-bond donors (Lipinski definition) is 1. The van der Waals surface area contributed by atoms with Gasteiger partial charge in [0.2, 0.25) is 5.91 Å². The maximum atomic E-state index is 14.7. The predicted molar refractivity (Wildman–Crippen MR) is 203 cm³/mol. The first kappa shape index (κ1) is 42.6. The summed E-state index contributed by atoms with van der Waals surface area (Å²) in [6, 6.07) is 18.2. The summed E-state index contributed by atoms with van der Waals surface area (Å²) < 4.78 is 40.4. The van der Waals surface area contributed by atoms with Crippen LogP contribution >= 0.6 is 0 Å². The van der Waals surface area contributed by atoms with E-state index in [1.807, 2.05) is 50.2 Å². The molecule has 2 amide bonds. The second-order valence-electron chi connectivity index (χ2n) is 15.4. The number of esters is 1. The van der Waals surface area contributed by atoms with Crippen LogP contribution in [0.15, 0.2) is 60.7 Å². The molecule has 2 aliphatic rings. The number of methoxy groups -OCH3 is 4. The Morgan fingerprint density at radius 1 is 0.830 bits per heavy atom. The number of fused-ring (bicyclic) bond motifs is 1. The van der Waals surface area contributed by atoms with Gasteiger partial charge in [0.15, 0.2) is 6.10 Å². The molecule has 0 aromatic heterocycles. The molecule has 1 heterocycles. The van der Waals surface area contributed by atoms with E-state index in [9.17, 15) is 14.4 Å². The topological polar surface area (TPSA) is 131 Å². The van der Waals surface area contributed by atoms with Gasteiger partial charge in [-0.05, 0) is 52.9 Å². The van der Waals surface area contributed by atoms with Gasteiger partial charge >= 0.3 is 5.97 Å². The lowest BCUT2D eigenvalue weighted by atomic mass is 9.81. The van der Waals surface area contributed by atoms with Crippen molar-refractivity contribution < 1.29 is 47.2 Å². The Bertz CT molecular complexity index is 1420. The SMILES string of the molecule is COCO[C@H]1C[C@H]2C[C@@H](C(=O)OC)N(C(=O)[C@@H](CC(C)C)NC(=O)[C@@H](CO[Si](c3ccccc3)(c3ccccc3)C(C)(C)C)OC)[C@H]2C[C@@H]1OCOC. The number of hydrogen-bond acceptors (Lipinski definition) is 10. The molecular weight excluding hydrogens is 697 g/mol. The van der Waals surface area contributed by atoms with Gasteiger partial charge in [-0.15, -0.1) is 0 Å². The highest BCUT2D eigenvalue weighted by atomic mass is 28.4. The van der Waals surface area contributed by atoms with Crippen molar-refractivity contribution in [2.24, 2.45) is 11.8 Å². The molecule has 4 rings (SSSR count). The summed E-state index contributed by atoms with van der Waals surface area (Å²) in [5, 5.41) is 4.87. The third-order valence-corrected chi connectivity index (χ3v) is 15.5. The molecule has 7 atom stereocenters. The molecule has 2 aromatic carbocycles. The van der Waals surface area contributed by atoms with Crippen molar-refractivity contribution in [2.45, 2.75) is 102 Å². The zero-order valence-electron chi connectivity index (χ0n) is 32.9. The second-order valence-corrected chi connectivity index (χ2v) is 19.7. The van der Waals surface area contributed by atoms with Gasteiger partial charge in [0, 0.05) is 27.4 Å². The number of benzene rings is 2. The minimum Gasteiger partial charge on any atom is -0.467 e. The van der Waals surface area contributed by atoms with Gasteiger partial charge in [0.25, 0.3) is 14.2 Å². The van der Waals surface area contributed by atoms with E-state index < -0.39 is 44.5 Å². The number of likely N-dealkylation sites (tertiary alicyclic amines) is 1. The van der Waals surface area contributed by atoms with Crippen LogP contribution in [-0.4, -0.2) is 116 Å². The molecule has 1 aliphatic carbocycles. The number of carbonyl (C=O) groups is 3. The van der Waals surface area contributed by atoms with Gasteiger partial charge in [0.1, 0.15) is 25.7 Å². The van der Waals surface area contributed by atoms with E-state index in [2.05, 4.69) is 50.4 Å².